The number of aryl methyl sites for hydroxylation is 1. The highest BCUT2D eigenvalue weighted by Crippen LogP contribution is 2.29. The van der Waals surface area contributed by atoms with E-state index in [9.17, 15) is 13.2 Å². The normalized spacial score (nSPS) is 13.1. The van der Waals surface area contributed by atoms with E-state index in [4.69, 9.17) is 5.73 Å². The molecule has 0 aromatic heterocycles. The average molecular weight is 293 g/mol. The largest absolute Gasteiger partial charge is 0.416 e. The van der Waals surface area contributed by atoms with Crippen LogP contribution >= 0.6 is 0 Å². The van der Waals surface area contributed by atoms with E-state index in [-0.39, 0.29) is 6.04 Å². The Labute approximate surface area is 122 Å². The van der Waals surface area contributed by atoms with Gasteiger partial charge in [-0.3, -0.25) is 0 Å². The summed E-state index contributed by atoms with van der Waals surface area (Å²) in [4.78, 5) is 0. The Hall–Kier alpha value is -1.81. The summed E-state index contributed by atoms with van der Waals surface area (Å²) >= 11 is 0. The SMILES string of the molecule is NC(CCc1ccccc1)Cc1cccc(C(F)(F)F)c1. The highest BCUT2D eigenvalue weighted by atomic mass is 19.4. The molecule has 2 N–H and O–H groups in total. The summed E-state index contributed by atoms with van der Waals surface area (Å²) < 4.78 is 37.9. The van der Waals surface area contributed by atoms with E-state index in [1.165, 1.54) is 17.7 Å². The molecule has 1 atom stereocenters. The van der Waals surface area contributed by atoms with Gasteiger partial charge in [-0.25, -0.2) is 0 Å². The standard InChI is InChI=1S/C17H18F3N/c18-17(19,20)15-8-4-7-14(11-15)12-16(21)10-9-13-5-2-1-3-6-13/h1-8,11,16H,9-10,12,21H2. The highest BCUT2D eigenvalue weighted by molar-refractivity contribution is 5.26. The van der Waals surface area contributed by atoms with Gasteiger partial charge >= 0.3 is 6.18 Å². The Kier molecular flexibility index (Phi) is 5.02. The van der Waals surface area contributed by atoms with Gasteiger partial charge < -0.3 is 5.73 Å². The molecule has 0 saturated carbocycles. The maximum Gasteiger partial charge on any atom is 0.416 e. The molecular formula is C17H18F3N. The summed E-state index contributed by atoms with van der Waals surface area (Å²) in [6.45, 7) is 0. The zero-order valence-corrected chi connectivity index (χ0v) is 11.6. The fraction of sp³-hybridized carbons (Fsp3) is 0.294. The molecule has 1 unspecified atom stereocenters. The van der Waals surface area contributed by atoms with Crippen molar-refractivity contribution in [2.75, 3.05) is 0 Å². The van der Waals surface area contributed by atoms with Gasteiger partial charge in [0.15, 0.2) is 0 Å². The molecule has 0 amide bonds. The topological polar surface area (TPSA) is 26.0 Å². The Morgan fingerprint density at radius 2 is 1.57 bits per heavy atom. The second-order valence-corrected chi connectivity index (χ2v) is 5.19. The maximum absolute atomic E-state index is 12.6. The molecular weight excluding hydrogens is 275 g/mol. The molecule has 0 aliphatic carbocycles. The molecule has 2 aromatic rings. The molecule has 0 radical (unpaired) electrons. The van der Waals surface area contributed by atoms with Crippen LogP contribution in [0.3, 0.4) is 0 Å². The zero-order chi connectivity index (χ0) is 15.3. The van der Waals surface area contributed by atoms with Gasteiger partial charge in [0.2, 0.25) is 0 Å². The van der Waals surface area contributed by atoms with Crippen molar-refractivity contribution in [2.24, 2.45) is 5.73 Å². The number of alkyl halides is 3. The third-order valence-corrected chi connectivity index (χ3v) is 3.40. The Morgan fingerprint density at radius 1 is 0.905 bits per heavy atom. The van der Waals surface area contributed by atoms with Crippen LogP contribution in [0.1, 0.15) is 23.1 Å². The Bertz CT molecular complexity index is 564. The number of rotatable bonds is 5. The molecule has 0 aliphatic heterocycles. The molecule has 0 aliphatic rings. The Morgan fingerprint density at radius 3 is 2.24 bits per heavy atom. The van der Waals surface area contributed by atoms with Crippen LogP contribution in [0.25, 0.3) is 0 Å². The molecule has 2 aromatic carbocycles. The molecule has 21 heavy (non-hydrogen) atoms. The van der Waals surface area contributed by atoms with Crippen LogP contribution in [-0.2, 0) is 19.0 Å². The third-order valence-electron chi connectivity index (χ3n) is 3.40. The van der Waals surface area contributed by atoms with Crippen molar-refractivity contribution in [3.63, 3.8) is 0 Å². The van der Waals surface area contributed by atoms with Crippen LogP contribution in [0.5, 0.6) is 0 Å². The number of hydrogen-bond donors (Lipinski definition) is 1. The fourth-order valence-electron chi connectivity index (χ4n) is 2.28. The van der Waals surface area contributed by atoms with E-state index in [1.54, 1.807) is 6.07 Å². The summed E-state index contributed by atoms with van der Waals surface area (Å²) in [5.74, 6) is 0. The molecule has 2 rings (SSSR count). The van der Waals surface area contributed by atoms with Gasteiger partial charge in [0.1, 0.15) is 0 Å². The van der Waals surface area contributed by atoms with Crippen molar-refractivity contribution in [3.05, 3.63) is 71.3 Å². The summed E-state index contributed by atoms with van der Waals surface area (Å²) in [5.41, 5.74) is 7.24. The van der Waals surface area contributed by atoms with E-state index >= 15 is 0 Å². The molecule has 112 valence electrons. The van der Waals surface area contributed by atoms with Gasteiger partial charge in [-0.1, -0.05) is 48.5 Å². The van der Waals surface area contributed by atoms with Crippen molar-refractivity contribution in [1.29, 1.82) is 0 Å². The van der Waals surface area contributed by atoms with Crippen molar-refractivity contribution < 1.29 is 13.2 Å². The van der Waals surface area contributed by atoms with Crippen LogP contribution in [0.2, 0.25) is 0 Å². The molecule has 1 nitrogen and oxygen atoms in total. The second-order valence-electron chi connectivity index (χ2n) is 5.19. The van der Waals surface area contributed by atoms with E-state index in [0.717, 1.165) is 18.9 Å². The van der Waals surface area contributed by atoms with Gasteiger partial charge in [0.05, 0.1) is 5.56 Å². The number of benzene rings is 2. The summed E-state index contributed by atoms with van der Waals surface area (Å²) in [6.07, 6.45) is -2.26. The lowest BCUT2D eigenvalue weighted by Crippen LogP contribution is -2.23. The number of hydrogen-bond acceptors (Lipinski definition) is 1. The van der Waals surface area contributed by atoms with Crippen LogP contribution in [0, 0.1) is 0 Å². The van der Waals surface area contributed by atoms with Crippen molar-refractivity contribution in [2.45, 2.75) is 31.5 Å². The van der Waals surface area contributed by atoms with E-state index in [1.807, 2.05) is 30.3 Å². The molecule has 0 bridgehead atoms. The monoisotopic (exact) mass is 293 g/mol. The van der Waals surface area contributed by atoms with Crippen molar-refractivity contribution >= 4 is 0 Å². The third kappa shape index (κ3) is 4.90. The molecule has 0 saturated heterocycles. The van der Waals surface area contributed by atoms with Gasteiger partial charge in [-0.05, 0) is 36.5 Å². The predicted octanol–water partition coefficient (Wildman–Crippen LogP) is 4.21. The van der Waals surface area contributed by atoms with E-state index in [0.29, 0.717) is 12.0 Å². The molecule has 0 fully saturated rings. The number of nitrogens with two attached hydrogens (primary N) is 1. The van der Waals surface area contributed by atoms with Crippen molar-refractivity contribution in [3.8, 4) is 0 Å². The lowest BCUT2D eigenvalue weighted by atomic mass is 9.98. The average Bonchev–Trinajstić information content (AvgIpc) is 2.46. The first-order valence-electron chi connectivity index (χ1n) is 6.91. The van der Waals surface area contributed by atoms with E-state index in [2.05, 4.69) is 0 Å². The van der Waals surface area contributed by atoms with E-state index < -0.39 is 11.7 Å². The molecule has 4 heteroatoms. The van der Waals surface area contributed by atoms with Crippen LogP contribution in [0.4, 0.5) is 13.2 Å². The lowest BCUT2D eigenvalue weighted by Gasteiger charge is -2.13. The van der Waals surface area contributed by atoms with Gasteiger partial charge in [-0.15, -0.1) is 0 Å². The Balaban J connectivity index is 1.92. The van der Waals surface area contributed by atoms with Crippen LogP contribution in [0.15, 0.2) is 54.6 Å². The minimum absolute atomic E-state index is 0.145. The first-order valence-corrected chi connectivity index (χ1v) is 6.91. The predicted molar refractivity (Wildman–Crippen MR) is 77.9 cm³/mol. The van der Waals surface area contributed by atoms with Crippen molar-refractivity contribution in [1.82, 2.24) is 0 Å². The molecule has 0 spiro atoms. The maximum atomic E-state index is 12.6. The summed E-state index contributed by atoms with van der Waals surface area (Å²) in [5, 5.41) is 0. The van der Waals surface area contributed by atoms with Gasteiger partial charge in [0, 0.05) is 6.04 Å². The summed E-state index contributed by atoms with van der Waals surface area (Å²) in [7, 11) is 0. The smallest absolute Gasteiger partial charge is 0.327 e. The van der Waals surface area contributed by atoms with Crippen LogP contribution in [-0.4, -0.2) is 6.04 Å². The number of halogens is 3. The fourth-order valence-corrected chi connectivity index (χ4v) is 2.28. The molecule has 0 heterocycles. The second kappa shape index (κ2) is 6.76. The minimum Gasteiger partial charge on any atom is -0.327 e. The first kappa shape index (κ1) is 15.6. The van der Waals surface area contributed by atoms with Gasteiger partial charge in [-0.2, -0.15) is 13.2 Å². The van der Waals surface area contributed by atoms with Gasteiger partial charge in [0.25, 0.3) is 0 Å². The minimum atomic E-state index is -4.30. The van der Waals surface area contributed by atoms with Crippen LogP contribution < -0.4 is 5.73 Å². The zero-order valence-electron chi connectivity index (χ0n) is 11.6. The lowest BCUT2D eigenvalue weighted by molar-refractivity contribution is -0.137. The quantitative estimate of drug-likeness (QED) is 0.878. The highest BCUT2D eigenvalue weighted by Gasteiger charge is 2.30. The first-order chi connectivity index (χ1) is 9.95. The summed E-state index contributed by atoms with van der Waals surface area (Å²) in [6, 6.07) is 15.2.